The highest BCUT2D eigenvalue weighted by Crippen LogP contribution is 2.83. The molecule has 31 heavy (non-hydrogen) atoms. The highest BCUT2D eigenvalue weighted by Gasteiger charge is 2.92. The van der Waals surface area contributed by atoms with E-state index in [0.717, 1.165) is 24.7 Å². The number of fused-ring (bicyclic) bond motifs is 1. The summed E-state index contributed by atoms with van der Waals surface area (Å²) in [4.78, 5) is 0. The Balaban J connectivity index is 1.49. The summed E-state index contributed by atoms with van der Waals surface area (Å²) >= 11 is 0. The van der Waals surface area contributed by atoms with Crippen molar-refractivity contribution in [3.8, 4) is 0 Å². The maximum atomic E-state index is 7.51. The van der Waals surface area contributed by atoms with Crippen LogP contribution in [0.5, 0.6) is 0 Å². The Morgan fingerprint density at radius 2 is 2.06 bits per heavy atom. The van der Waals surface area contributed by atoms with Crippen molar-refractivity contribution < 1.29 is 4.74 Å². The largest absolute Gasteiger partial charge is 0.494 e. The van der Waals surface area contributed by atoms with Gasteiger partial charge in [-0.2, -0.15) is 0 Å². The minimum Gasteiger partial charge on any atom is -0.494 e. The van der Waals surface area contributed by atoms with Crippen LogP contribution in [0.1, 0.15) is 92.4 Å². The summed E-state index contributed by atoms with van der Waals surface area (Å²) in [6.45, 7) is 17.1. The summed E-state index contributed by atoms with van der Waals surface area (Å²) in [6, 6.07) is 0. The number of hydrogen-bond acceptors (Lipinski definition) is 3. The van der Waals surface area contributed by atoms with E-state index in [1.165, 1.54) is 56.9 Å². The molecule has 6 aliphatic rings. The molecule has 4 aliphatic carbocycles. The Kier molecular flexibility index (Phi) is 5.04. The van der Waals surface area contributed by atoms with E-state index in [2.05, 4.69) is 52.6 Å². The molecule has 0 radical (unpaired) electrons. The normalized spacial score (nSPS) is 47.6. The molecule has 3 nitrogen and oxygen atoms in total. The molecular weight excluding hydrogens is 380 g/mol. The first-order valence-corrected chi connectivity index (χ1v) is 13.3. The fraction of sp³-hybridized carbons (Fsp3) is 0.857. The molecular formula is C28H46N2O. The van der Waals surface area contributed by atoms with Gasteiger partial charge in [0.2, 0.25) is 0 Å². The van der Waals surface area contributed by atoms with E-state index in [4.69, 9.17) is 10.5 Å². The summed E-state index contributed by atoms with van der Waals surface area (Å²) < 4.78 is 6.17. The topological polar surface area (TPSA) is 47.3 Å². The second kappa shape index (κ2) is 7.10. The number of allylic oxidation sites excluding steroid dienone is 1. The number of nitrogens with one attached hydrogen (secondary N) is 1. The van der Waals surface area contributed by atoms with Crippen LogP contribution < -0.4 is 11.1 Å². The highest BCUT2D eigenvalue weighted by molar-refractivity contribution is 5.60. The van der Waals surface area contributed by atoms with E-state index in [9.17, 15) is 0 Å². The standard InChI is InChI=1S/C28H46N2O/c1-7-15-31-20(5)21-16-26-14-9-8-13-23(26)27(29)17-22(19(4)12-10-11-18(2)3)25(6)24(21)28(26,27)30-25/h16,18-19,22-24,30H,5,7-15,17,29H2,1-4,6H3. The molecule has 2 bridgehead atoms. The van der Waals surface area contributed by atoms with Gasteiger partial charge < -0.3 is 15.8 Å². The van der Waals surface area contributed by atoms with E-state index in [-0.39, 0.29) is 22.0 Å². The van der Waals surface area contributed by atoms with E-state index in [1.54, 1.807) is 0 Å². The van der Waals surface area contributed by atoms with E-state index in [0.29, 0.717) is 23.7 Å². The molecule has 2 spiro atoms. The van der Waals surface area contributed by atoms with Gasteiger partial charge in [-0.05, 0) is 61.9 Å². The van der Waals surface area contributed by atoms with Gasteiger partial charge in [-0.3, -0.25) is 0 Å². The lowest BCUT2D eigenvalue weighted by Crippen LogP contribution is -3.03. The molecule has 0 aromatic heterocycles. The van der Waals surface area contributed by atoms with Gasteiger partial charge in [0, 0.05) is 22.4 Å². The van der Waals surface area contributed by atoms with Crippen LogP contribution in [0.3, 0.4) is 0 Å². The minimum atomic E-state index is -0.0733. The molecule has 2 saturated heterocycles. The summed E-state index contributed by atoms with van der Waals surface area (Å²) in [6.07, 6.45) is 14.1. The average Bonchev–Trinajstić information content (AvgIpc) is 2.93. The first-order valence-electron chi connectivity index (χ1n) is 13.3. The van der Waals surface area contributed by atoms with Gasteiger partial charge in [-0.25, -0.2) is 0 Å². The zero-order valence-electron chi connectivity index (χ0n) is 20.7. The zero-order valence-corrected chi connectivity index (χ0v) is 20.7. The number of ether oxygens (including phenoxy) is 1. The Labute approximate surface area is 190 Å². The summed E-state index contributed by atoms with van der Waals surface area (Å²) in [7, 11) is 0. The van der Waals surface area contributed by atoms with Crippen LogP contribution in [-0.2, 0) is 4.74 Å². The molecule has 8 atom stereocenters. The van der Waals surface area contributed by atoms with Gasteiger partial charge in [-0.1, -0.05) is 72.5 Å². The van der Waals surface area contributed by atoms with Gasteiger partial charge in [0.25, 0.3) is 0 Å². The lowest BCUT2D eigenvalue weighted by atomic mass is 9.25. The molecule has 0 aromatic rings. The van der Waals surface area contributed by atoms with Crippen molar-refractivity contribution in [2.75, 3.05) is 6.61 Å². The zero-order chi connectivity index (χ0) is 22.2. The monoisotopic (exact) mass is 426 g/mol. The molecule has 3 N–H and O–H groups in total. The van der Waals surface area contributed by atoms with Crippen molar-refractivity contribution in [3.63, 3.8) is 0 Å². The Hall–Kier alpha value is -0.800. The number of hydrogen-bond donors (Lipinski definition) is 2. The van der Waals surface area contributed by atoms with Crippen LogP contribution in [0.15, 0.2) is 24.0 Å². The molecule has 0 aromatic carbocycles. The molecule has 0 amide bonds. The second-order valence-corrected chi connectivity index (χ2v) is 12.5. The van der Waals surface area contributed by atoms with Crippen LogP contribution in [0.25, 0.3) is 0 Å². The van der Waals surface area contributed by atoms with Crippen LogP contribution in [0, 0.1) is 35.0 Å². The number of rotatable bonds is 9. The van der Waals surface area contributed by atoms with E-state index >= 15 is 0 Å². The Bertz CT molecular complexity index is 788. The minimum absolute atomic E-state index is 0.0574. The number of piperidine rings is 1. The summed E-state index contributed by atoms with van der Waals surface area (Å²) in [5.41, 5.74) is 9.27. The predicted octanol–water partition coefficient (Wildman–Crippen LogP) is 5.95. The van der Waals surface area contributed by atoms with Crippen LogP contribution in [0.2, 0.25) is 0 Å². The van der Waals surface area contributed by atoms with Crippen molar-refractivity contribution in [1.82, 2.24) is 5.32 Å². The van der Waals surface area contributed by atoms with E-state index < -0.39 is 0 Å². The average molecular weight is 427 g/mol. The van der Waals surface area contributed by atoms with Crippen molar-refractivity contribution in [3.05, 3.63) is 24.0 Å². The van der Waals surface area contributed by atoms with Gasteiger partial charge in [-0.15, -0.1) is 0 Å². The molecule has 8 unspecified atom stereocenters. The molecule has 2 aliphatic heterocycles. The maximum absolute atomic E-state index is 7.51. The van der Waals surface area contributed by atoms with Gasteiger partial charge in [0.15, 0.2) is 0 Å². The van der Waals surface area contributed by atoms with Crippen molar-refractivity contribution in [1.29, 1.82) is 0 Å². The predicted molar refractivity (Wildman–Crippen MR) is 128 cm³/mol. The Morgan fingerprint density at radius 3 is 2.77 bits per heavy atom. The molecule has 5 fully saturated rings. The van der Waals surface area contributed by atoms with Crippen LogP contribution >= 0.6 is 0 Å². The molecule has 2 heterocycles. The van der Waals surface area contributed by atoms with Gasteiger partial charge in [0.05, 0.1) is 12.1 Å². The quantitative estimate of drug-likeness (QED) is 0.448. The van der Waals surface area contributed by atoms with Crippen molar-refractivity contribution in [2.24, 2.45) is 40.7 Å². The molecule has 3 heteroatoms. The number of nitrogens with two attached hydrogens (primary N) is 1. The third kappa shape index (κ3) is 2.49. The molecule has 3 saturated carbocycles. The first kappa shape index (κ1) is 22.0. The van der Waals surface area contributed by atoms with Gasteiger partial charge in [0.1, 0.15) is 5.76 Å². The fourth-order valence-electron chi connectivity index (χ4n) is 9.51. The fourth-order valence-corrected chi connectivity index (χ4v) is 9.51. The van der Waals surface area contributed by atoms with Crippen molar-refractivity contribution in [2.45, 2.75) is 109 Å². The molecule has 174 valence electrons. The first-order chi connectivity index (χ1) is 14.7. The Morgan fingerprint density at radius 1 is 1.29 bits per heavy atom. The highest BCUT2D eigenvalue weighted by atomic mass is 16.5. The second-order valence-electron chi connectivity index (χ2n) is 12.5. The van der Waals surface area contributed by atoms with E-state index in [1.807, 2.05) is 0 Å². The van der Waals surface area contributed by atoms with Crippen molar-refractivity contribution >= 4 is 0 Å². The van der Waals surface area contributed by atoms with Crippen LogP contribution in [-0.4, -0.2) is 23.2 Å². The van der Waals surface area contributed by atoms with Crippen LogP contribution in [0.4, 0.5) is 0 Å². The lowest BCUT2D eigenvalue weighted by Gasteiger charge is -2.88. The smallest absolute Gasteiger partial charge is 0.115 e. The summed E-state index contributed by atoms with van der Waals surface area (Å²) in [5, 5.41) is 4.26. The SMILES string of the molecule is C=C(OCCC)C1=CC23CCCCC2C2(N)CC(C(C)CCCC(C)C)C4(C)NC23C14. The molecule has 6 rings (SSSR count). The lowest BCUT2D eigenvalue weighted by molar-refractivity contribution is -0.307. The third-order valence-electron chi connectivity index (χ3n) is 10.5. The van der Waals surface area contributed by atoms with Gasteiger partial charge >= 0.3 is 0 Å². The summed E-state index contributed by atoms with van der Waals surface area (Å²) in [5.74, 6) is 4.13. The maximum Gasteiger partial charge on any atom is 0.115 e. The third-order valence-corrected chi connectivity index (χ3v) is 10.5.